The third-order valence-corrected chi connectivity index (χ3v) is 5.94. The first kappa shape index (κ1) is 23.8. The van der Waals surface area contributed by atoms with E-state index in [2.05, 4.69) is 0 Å². The predicted molar refractivity (Wildman–Crippen MR) is 122 cm³/mol. The average molecular weight is 471 g/mol. The van der Waals surface area contributed by atoms with Gasteiger partial charge < -0.3 is 9.52 Å². The zero-order valence-corrected chi connectivity index (χ0v) is 18.9. The molecule has 0 bridgehead atoms. The number of halogens is 3. The van der Waals surface area contributed by atoms with Crippen molar-refractivity contribution in [1.82, 2.24) is 4.90 Å². The second kappa shape index (κ2) is 8.76. The molecule has 0 aliphatic carbocycles. The van der Waals surface area contributed by atoms with Gasteiger partial charge in [0, 0.05) is 35.7 Å². The molecule has 0 spiro atoms. The molecule has 2 aromatic carbocycles. The molecule has 2 atom stereocenters. The van der Waals surface area contributed by atoms with Gasteiger partial charge >= 0.3 is 11.6 Å². The highest BCUT2D eigenvalue weighted by Gasteiger charge is 2.39. The summed E-state index contributed by atoms with van der Waals surface area (Å²) in [6, 6.07) is 7.18. The topological polar surface area (TPSA) is 70.8 Å². The lowest BCUT2D eigenvalue weighted by Crippen LogP contribution is -2.48. The first-order valence-electron chi connectivity index (χ1n) is 10.8. The number of benzene rings is 2. The molecule has 1 aliphatic heterocycles. The van der Waals surface area contributed by atoms with Crippen LogP contribution in [0.25, 0.3) is 17.0 Å². The number of fused-ring (bicyclic) bond motifs is 2. The summed E-state index contributed by atoms with van der Waals surface area (Å²) < 4.78 is 50.9. The van der Waals surface area contributed by atoms with E-state index in [1.54, 1.807) is 23.1 Å². The van der Waals surface area contributed by atoms with E-state index in [1.807, 2.05) is 6.92 Å². The highest BCUT2D eigenvalue weighted by atomic mass is 19.1. The highest BCUT2D eigenvalue weighted by molar-refractivity contribution is 5.85. The Bertz CT molecular complexity index is 1330. The molecule has 4 rings (SSSR count). The summed E-state index contributed by atoms with van der Waals surface area (Å²) in [6.07, 6.45) is 2.37. The van der Waals surface area contributed by atoms with Gasteiger partial charge in [0.15, 0.2) is 0 Å². The smallest absolute Gasteiger partial charge is 0.336 e. The van der Waals surface area contributed by atoms with Gasteiger partial charge in [-0.2, -0.15) is 0 Å². The minimum atomic E-state index is -1.63. The van der Waals surface area contributed by atoms with Crippen molar-refractivity contribution in [3.63, 3.8) is 0 Å². The molecule has 178 valence electrons. The van der Waals surface area contributed by atoms with E-state index in [-0.39, 0.29) is 23.7 Å². The third-order valence-electron chi connectivity index (χ3n) is 5.94. The molecule has 1 aliphatic rings. The molecule has 0 radical (unpaired) electrons. The number of rotatable bonds is 5. The molecule has 1 aromatic heterocycles. The molecule has 0 unspecified atom stereocenters. The average Bonchev–Trinajstić information content (AvgIpc) is 2.71. The van der Waals surface area contributed by atoms with Crippen molar-refractivity contribution < 1.29 is 27.5 Å². The number of hydrogen-bond donors (Lipinski definition) is 1. The molecule has 3 aromatic rings. The van der Waals surface area contributed by atoms with Gasteiger partial charge in [-0.05, 0) is 80.3 Å². The fourth-order valence-electron chi connectivity index (χ4n) is 4.61. The largest absolute Gasteiger partial charge is 0.478 e. The van der Waals surface area contributed by atoms with E-state index in [0.29, 0.717) is 23.0 Å². The quantitative estimate of drug-likeness (QED) is 0.406. The molecular formula is C26H24F3NO4. The molecule has 0 amide bonds. The van der Waals surface area contributed by atoms with Crippen LogP contribution in [-0.2, 0) is 11.2 Å². The van der Waals surface area contributed by atoms with Crippen molar-refractivity contribution >= 4 is 23.0 Å². The number of carboxylic acid groups (broad SMARTS) is 1. The molecule has 2 heterocycles. The van der Waals surface area contributed by atoms with Crippen molar-refractivity contribution in [3.05, 3.63) is 86.8 Å². The Kier molecular flexibility index (Phi) is 6.12. The normalized spacial score (nSPS) is 19.0. The Morgan fingerprint density at radius 1 is 1.21 bits per heavy atom. The van der Waals surface area contributed by atoms with Gasteiger partial charge in [-0.25, -0.2) is 22.8 Å². The molecule has 5 nitrogen and oxygen atoms in total. The minimum absolute atomic E-state index is 0.0582. The first-order chi connectivity index (χ1) is 15.9. The van der Waals surface area contributed by atoms with Crippen molar-refractivity contribution in [1.29, 1.82) is 0 Å². The Hall–Kier alpha value is -3.39. The number of carbonyl (C=O) groups is 1. The van der Waals surface area contributed by atoms with E-state index >= 15 is 8.78 Å². The summed E-state index contributed by atoms with van der Waals surface area (Å²) in [5, 5.41) is 9.40. The second-order valence-corrected chi connectivity index (χ2v) is 9.26. The van der Waals surface area contributed by atoms with Gasteiger partial charge in [0.05, 0.1) is 6.04 Å². The molecule has 0 fully saturated rings. The van der Waals surface area contributed by atoms with Crippen LogP contribution in [0.3, 0.4) is 0 Å². The summed E-state index contributed by atoms with van der Waals surface area (Å²) in [5.41, 5.74) is -0.618. The SMILES string of the molecule is C[C@H]1Cc2cc3oc(=O)ccc3cc2[C@H](c2c(F)cc(/C=C/C(=O)O)cc2F)N1CC(C)(C)F. The van der Waals surface area contributed by atoms with Gasteiger partial charge in [0.1, 0.15) is 22.9 Å². The van der Waals surface area contributed by atoms with Gasteiger partial charge in [0.25, 0.3) is 0 Å². The third kappa shape index (κ3) is 4.77. The molecule has 34 heavy (non-hydrogen) atoms. The fourth-order valence-corrected chi connectivity index (χ4v) is 4.61. The maximum Gasteiger partial charge on any atom is 0.336 e. The van der Waals surface area contributed by atoms with Crippen molar-refractivity contribution in [2.24, 2.45) is 0 Å². The fraction of sp³-hybridized carbons (Fsp3) is 0.308. The lowest BCUT2D eigenvalue weighted by atomic mass is 9.83. The standard InChI is InChI=1S/C26H24F3NO4/c1-14-8-17-12-21-16(5-7-23(33)34-21)11-18(17)25(30(14)13-26(2,3)29)24-19(27)9-15(10-20(24)28)4-6-22(31)32/h4-7,9-12,14,25H,8,13H2,1-3H3,(H,31,32)/b6-4+/t14-,25+/m0/s1. The van der Waals surface area contributed by atoms with Crippen LogP contribution in [0, 0.1) is 11.6 Å². The lowest BCUT2D eigenvalue weighted by Gasteiger charge is -2.44. The monoisotopic (exact) mass is 471 g/mol. The van der Waals surface area contributed by atoms with E-state index in [0.717, 1.165) is 29.8 Å². The van der Waals surface area contributed by atoms with E-state index in [1.165, 1.54) is 19.9 Å². The number of nitrogens with zero attached hydrogens (tertiary/aromatic N) is 1. The van der Waals surface area contributed by atoms with Crippen LogP contribution in [0.5, 0.6) is 0 Å². The number of hydrogen-bond acceptors (Lipinski definition) is 4. The summed E-state index contributed by atoms with van der Waals surface area (Å²) in [7, 11) is 0. The lowest BCUT2D eigenvalue weighted by molar-refractivity contribution is -0.131. The Balaban J connectivity index is 1.94. The minimum Gasteiger partial charge on any atom is -0.478 e. The Morgan fingerprint density at radius 2 is 1.88 bits per heavy atom. The van der Waals surface area contributed by atoms with Gasteiger partial charge in [-0.15, -0.1) is 0 Å². The Morgan fingerprint density at radius 3 is 2.50 bits per heavy atom. The summed E-state index contributed by atoms with van der Waals surface area (Å²) in [4.78, 5) is 24.2. The highest BCUT2D eigenvalue weighted by Crippen LogP contribution is 2.42. The van der Waals surface area contributed by atoms with Crippen LogP contribution in [0.4, 0.5) is 13.2 Å². The molecular weight excluding hydrogens is 447 g/mol. The summed E-state index contributed by atoms with van der Waals surface area (Å²) >= 11 is 0. The number of alkyl halides is 1. The van der Waals surface area contributed by atoms with Gasteiger partial charge in [0.2, 0.25) is 0 Å². The number of aliphatic carboxylic acids is 1. The van der Waals surface area contributed by atoms with Crippen LogP contribution in [-0.4, -0.2) is 34.2 Å². The molecule has 8 heteroatoms. The maximum absolute atomic E-state index is 15.4. The van der Waals surface area contributed by atoms with Crippen molar-refractivity contribution in [2.45, 2.75) is 44.9 Å². The van der Waals surface area contributed by atoms with Crippen LogP contribution in [0.15, 0.2) is 51.7 Å². The van der Waals surface area contributed by atoms with Crippen LogP contribution in [0.2, 0.25) is 0 Å². The molecule has 0 saturated heterocycles. The van der Waals surface area contributed by atoms with Crippen LogP contribution >= 0.6 is 0 Å². The summed E-state index contributed by atoms with van der Waals surface area (Å²) in [5.74, 6) is -2.97. The van der Waals surface area contributed by atoms with E-state index in [4.69, 9.17) is 9.52 Å². The van der Waals surface area contributed by atoms with E-state index in [9.17, 15) is 14.0 Å². The van der Waals surface area contributed by atoms with Crippen LogP contribution in [0.1, 0.15) is 49.1 Å². The van der Waals surface area contributed by atoms with Gasteiger partial charge in [-0.3, -0.25) is 4.90 Å². The number of carboxylic acids is 1. The van der Waals surface area contributed by atoms with Crippen molar-refractivity contribution in [2.75, 3.05) is 6.54 Å². The zero-order chi connectivity index (χ0) is 24.8. The zero-order valence-electron chi connectivity index (χ0n) is 18.9. The summed E-state index contributed by atoms with van der Waals surface area (Å²) in [6.45, 7) is 4.61. The molecule has 1 N–H and O–H groups in total. The van der Waals surface area contributed by atoms with Crippen molar-refractivity contribution in [3.8, 4) is 0 Å². The van der Waals surface area contributed by atoms with Gasteiger partial charge in [-0.1, -0.05) is 0 Å². The first-order valence-corrected chi connectivity index (χ1v) is 10.8. The second-order valence-electron chi connectivity index (χ2n) is 9.26. The van der Waals surface area contributed by atoms with Crippen LogP contribution < -0.4 is 5.63 Å². The van der Waals surface area contributed by atoms with E-state index < -0.39 is 34.9 Å². The predicted octanol–water partition coefficient (Wildman–Crippen LogP) is 5.25. The molecule has 0 saturated carbocycles. The Labute approximate surface area is 194 Å². The maximum atomic E-state index is 15.4.